The zero-order valence-corrected chi connectivity index (χ0v) is 24.5. The highest BCUT2D eigenvalue weighted by Gasteiger charge is 2.31. The Morgan fingerprint density at radius 2 is 1.50 bits per heavy atom. The molecule has 0 aliphatic carbocycles. The fourth-order valence-corrected chi connectivity index (χ4v) is 6.25. The molecule has 3 N–H and O–H groups in total. The van der Waals surface area contributed by atoms with Crippen molar-refractivity contribution in [2.45, 2.75) is 24.3 Å². The highest BCUT2D eigenvalue weighted by Crippen LogP contribution is 2.24. The van der Waals surface area contributed by atoms with Gasteiger partial charge >= 0.3 is 0 Å². The number of morpholine rings is 1. The molecule has 3 heterocycles. The third-order valence-corrected chi connectivity index (χ3v) is 9.12. The van der Waals surface area contributed by atoms with E-state index in [9.17, 15) is 18.0 Å². The lowest BCUT2D eigenvalue weighted by atomic mass is 10.0. The highest BCUT2D eigenvalue weighted by molar-refractivity contribution is 7.89. The molecule has 2 aliphatic rings. The second-order valence-electron chi connectivity index (χ2n) is 10.8. The van der Waals surface area contributed by atoms with Gasteiger partial charge in [0, 0.05) is 62.3 Å². The van der Waals surface area contributed by atoms with Crippen molar-refractivity contribution in [3.05, 3.63) is 66.4 Å². The molecule has 2 fully saturated rings. The summed E-state index contributed by atoms with van der Waals surface area (Å²) in [6.07, 6.45) is 1.62. The van der Waals surface area contributed by atoms with E-state index in [1.54, 1.807) is 84.4 Å². The second-order valence-corrected chi connectivity index (χ2v) is 12.8. The molecule has 0 unspecified atom stereocenters. The van der Waals surface area contributed by atoms with E-state index in [0.29, 0.717) is 75.4 Å². The number of aromatic nitrogens is 2. The number of ether oxygens (including phenoxy) is 1. The first-order valence-corrected chi connectivity index (χ1v) is 15.2. The number of hydrogen-bond acceptors (Lipinski definition) is 9. The first-order chi connectivity index (χ1) is 20.0. The Morgan fingerprint density at radius 3 is 2.12 bits per heavy atom. The summed E-state index contributed by atoms with van der Waals surface area (Å²) in [5, 5.41) is 3.15. The van der Waals surface area contributed by atoms with Crippen LogP contribution < -0.4 is 11.1 Å². The van der Waals surface area contributed by atoms with E-state index >= 15 is 0 Å². The van der Waals surface area contributed by atoms with E-state index in [0.717, 1.165) is 5.56 Å². The van der Waals surface area contributed by atoms with Crippen molar-refractivity contribution in [2.24, 2.45) is 5.73 Å². The van der Waals surface area contributed by atoms with Crippen molar-refractivity contribution in [2.75, 3.05) is 57.8 Å². The normalized spacial score (nSPS) is 16.7. The Bertz CT molecular complexity index is 1530. The van der Waals surface area contributed by atoms with Crippen molar-refractivity contribution in [1.29, 1.82) is 0 Å². The van der Waals surface area contributed by atoms with Crippen molar-refractivity contribution in [3.63, 3.8) is 0 Å². The molecule has 3 aromatic rings. The molecule has 2 aromatic carbocycles. The molecule has 222 valence electrons. The minimum atomic E-state index is -3.58. The second kappa shape index (κ2) is 12.1. The minimum Gasteiger partial charge on any atom is -0.379 e. The lowest BCUT2D eigenvalue weighted by molar-refractivity contribution is -0.137. The number of amides is 2. The molecule has 0 bridgehead atoms. The molecule has 2 amide bonds. The summed E-state index contributed by atoms with van der Waals surface area (Å²) in [5.74, 6) is 0.142. The lowest BCUT2D eigenvalue weighted by Crippen LogP contribution is -2.57. The van der Waals surface area contributed by atoms with Crippen LogP contribution in [-0.2, 0) is 19.6 Å². The van der Waals surface area contributed by atoms with Crippen LogP contribution in [0.25, 0.3) is 11.3 Å². The largest absolute Gasteiger partial charge is 0.379 e. The number of piperazine rings is 1. The lowest BCUT2D eigenvalue weighted by Gasteiger charge is -2.37. The van der Waals surface area contributed by atoms with Crippen LogP contribution in [0, 0.1) is 0 Å². The Morgan fingerprint density at radius 1 is 0.881 bits per heavy atom. The molecule has 13 heteroatoms. The maximum atomic E-state index is 13.0. The number of carbonyl (C=O) groups is 2. The van der Waals surface area contributed by atoms with E-state index in [1.807, 2.05) is 0 Å². The first-order valence-electron chi connectivity index (χ1n) is 13.8. The zero-order chi connectivity index (χ0) is 29.9. The van der Waals surface area contributed by atoms with Crippen LogP contribution in [0.2, 0.25) is 0 Å². The van der Waals surface area contributed by atoms with Crippen molar-refractivity contribution < 1.29 is 22.7 Å². The maximum Gasteiger partial charge on any atom is 0.253 e. The molecule has 0 radical (unpaired) electrons. The fourth-order valence-electron chi connectivity index (χ4n) is 4.84. The van der Waals surface area contributed by atoms with Gasteiger partial charge in [-0.05, 0) is 56.3 Å². The molecule has 2 aliphatic heterocycles. The van der Waals surface area contributed by atoms with Gasteiger partial charge in [0.2, 0.25) is 21.9 Å². The summed E-state index contributed by atoms with van der Waals surface area (Å²) in [7, 11) is -3.58. The number of hydrogen-bond donors (Lipinski definition) is 2. The van der Waals surface area contributed by atoms with Crippen molar-refractivity contribution >= 4 is 33.5 Å². The smallest absolute Gasteiger partial charge is 0.253 e. The number of rotatable bonds is 7. The van der Waals surface area contributed by atoms with E-state index in [1.165, 1.54) is 4.31 Å². The monoisotopic (exact) mass is 593 g/mol. The van der Waals surface area contributed by atoms with Crippen molar-refractivity contribution in [3.8, 4) is 11.3 Å². The Hall–Kier alpha value is -3.91. The molecule has 0 spiro atoms. The van der Waals surface area contributed by atoms with Crippen LogP contribution in [0.3, 0.4) is 0 Å². The molecule has 42 heavy (non-hydrogen) atoms. The van der Waals surface area contributed by atoms with E-state index < -0.39 is 15.6 Å². The average molecular weight is 594 g/mol. The van der Waals surface area contributed by atoms with Crippen LogP contribution in [0.5, 0.6) is 0 Å². The van der Waals surface area contributed by atoms with E-state index in [-0.39, 0.29) is 16.7 Å². The van der Waals surface area contributed by atoms with Gasteiger partial charge in [0.1, 0.15) is 0 Å². The third kappa shape index (κ3) is 6.59. The molecule has 1 aromatic heterocycles. The topological polar surface area (TPSA) is 151 Å². The third-order valence-electron chi connectivity index (χ3n) is 7.21. The van der Waals surface area contributed by atoms with Gasteiger partial charge < -0.3 is 25.6 Å². The van der Waals surface area contributed by atoms with Gasteiger partial charge in [-0.1, -0.05) is 12.1 Å². The first kappa shape index (κ1) is 29.6. The summed E-state index contributed by atoms with van der Waals surface area (Å²) in [6, 6.07) is 15.4. The van der Waals surface area contributed by atoms with Crippen LogP contribution in [0.15, 0.2) is 65.7 Å². The van der Waals surface area contributed by atoms with Gasteiger partial charge in [0.05, 0.1) is 29.3 Å². The fraction of sp³-hybridized carbons (Fsp3) is 0.379. The summed E-state index contributed by atoms with van der Waals surface area (Å²) in [4.78, 5) is 38.0. The van der Waals surface area contributed by atoms with Crippen LogP contribution >= 0.6 is 0 Å². The predicted molar refractivity (Wildman–Crippen MR) is 158 cm³/mol. The summed E-state index contributed by atoms with van der Waals surface area (Å²) in [6.45, 7) is 6.62. The van der Waals surface area contributed by atoms with E-state index in [2.05, 4.69) is 15.3 Å². The number of benzene rings is 2. The Balaban J connectivity index is 1.20. The number of nitrogens with two attached hydrogens (primary N) is 1. The number of sulfonamides is 1. The number of nitrogens with one attached hydrogen (secondary N) is 1. The zero-order valence-electron chi connectivity index (χ0n) is 23.7. The van der Waals surface area contributed by atoms with Gasteiger partial charge in [-0.15, -0.1) is 0 Å². The van der Waals surface area contributed by atoms with Gasteiger partial charge in [-0.25, -0.2) is 18.4 Å². The standard InChI is InChI=1S/C29H35N7O5S/c1-29(2,30)27(38)35-15-13-34(14-16-35)26(37)22-3-7-23(8-4-22)32-28-31-12-11-25(33-28)21-5-9-24(10-6-21)42(39,40)36-17-19-41-20-18-36/h3-12H,13-20,30H2,1-2H3,(H,31,32,33). The Labute approximate surface area is 245 Å². The number of anilines is 2. The summed E-state index contributed by atoms with van der Waals surface area (Å²) < 4.78 is 32.5. The Kier molecular flexibility index (Phi) is 8.55. The quantitative estimate of drug-likeness (QED) is 0.419. The maximum absolute atomic E-state index is 13.0. The van der Waals surface area contributed by atoms with Crippen LogP contribution in [-0.4, -0.2) is 102 Å². The minimum absolute atomic E-state index is 0.0991. The SMILES string of the molecule is CC(C)(N)C(=O)N1CCN(C(=O)c2ccc(Nc3nccc(-c4ccc(S(=O)(=O)N5CCOCC5)cc4)n3)cc2)CC1. The molecule has 2 saturated heterocycles. The van der Waals surface area contributed by atoms with Crippen LogP contribution in [0.1, 0.15) is 24.2 Å². The van der Waals surface area contributed by atoms with Crippen LogP contribution in [0.4, 0.5) is 11.6 Å². The molecule has 12 nitrogen and oxygen atoms in total. The van der Waals surface area contributed by atoms with Gasteiger partial charge in [-0.3, -0.25) is 9.59 Å². The molecular formula is C29H35N7O5S. The van der Waals surface area contributed by atoms with Gasteiger partial charge in [-0.2, -0.15) is 4.31 Å². The predicted octanol–water partition coefficient (Wildman–Crippen LogP) is 1.93. The van der Waals surface area contributed by atoms with Gasteiger partial charge in [0.25, 0.3) is 5.91 Å². The number of nitrogens with zero attached hydrogens (tertiary/aromatic N) is 5. The average Bonchev–Trinajstić information content (AvgIpc) is 3.01. The van der Waals surface area contributed by atoms with E-state index in [4.69, 9.17) is 10.5 Å². The highest BCUT2D eigenvalue weighted by atomic mass is 32.2. The summed E-state index contributed by atoms with van der Waals surface area (Å²) >= 11 is 0. The van der Waals surface area contributed by atoms with Gasteiger partial charge in [0.15, 0.2) is 0 Å². The molecule has 0 saturated carbocycles. The number of carbonyl (C=O) groups excluding carboxylic acids is 2. The molecular weight excluding hydrogens is 558 g/mol. The molecule has 5 rings (SSSR count). The molecule has 0 atom stereocenters. The summed E-state index contributed by atoms with van der Waals surface area (Å²) in [5.41, 5.74) is 7.63. The van der Waals surface area contributed by atoms with Crippen molar-refractivity contribution in [1.82, 2.24) is 24.1 Å².